The monoisotopic (exact) mass is 264 g/mol. The Morgan fingerprint density at radius 1 is 1.32 bits per heavy atom. The highest BCUT2D eigenvalue weighted by atomic mass is 16.4. The van der Waals surface area contributed by atoms with Crippen molar-refractivity contribution >= 4 is 17.7 Å². The Morgan fingerprint density at radius 2 is 1.89 bits per heavy atom. The molecule has 19 heavy (non-hydrogen) atoms. The predicted molar refractivity (Wildman–Crippen MR) is 74.4 cm³/mol. The molecule has 0 saturated heterocycles. The Hall–Kier alpha value is -2.04. The molecular weight excluding hydrogens is 244 g/mol. The molecule has 2 N–H and O–H groups in total. The van der Waals surface area contributed by atoms with Crippen LogP contribution in [0.1, 0.15) is 25.8 Å². The Labute approximate surface area is 113 Å². The van der Waals surface area contributed by atoms with E-state index in [4.69, 9.17) is 5.11 Å². The second-order valence-electron chi connectivity index (χ2n) is 4.57. The lowest BCUT2D eigenvalue weighted by molar-refractivity contribution is -0.135. The van der Waals surface area contributed by atoms with Crippen LogP contribution in [0.3, 0.4) is 0 Å². The van der Waals surface area contributed by atoms with Crippen molar-refractivity contribution in [1.82, 2.24) is 5.32 Å². The van der Waals surface area contributed by atoms with Crippen molar-refractivity contribution in [1.29, 1.82) is 0 Å². The summed E-state index contributed by atoms with van der Waals surface area (Å²) in [5.41, 5.74) is 1.63. The van der Waals surface area contributed by atoms with Gasteiger partial charge in [0, 0.05) is 11.7 Å². The molecule has 0 aromatic heterocycles. The van der Waals surface area contributed by atoms with Crippen molar-refractivity contribution in [3.05, 3.63) is 29.8 Å². The zero-order chi connectivity index (χ0) is 14.4. The van der Waals surface area contributed by atoms with Gasteiger partial charge in [-0.05, 0) is 32.4 Å². The smallest absolute Gasteiger partial charge is 0.323 e. The molecule has 1 atom stereocenters. The second-order valence-corrected chi connectivity index (χ2v) is 4.57. The van der Waals surface area contributed by atoms with Crippen molar-refractivity contribution in [2.45, 2.75) is 33.2 Å². The van der Waals surface area contributed by atoms with Crippen molar-refractivity contribution < 1.29 is 14.7 Å². The number of nitrogens with zero attached hydrogens (tertiary/aromatic N) is 1. The molecule has 104 valence electrons. The molecule has 1 unspecified atom stereocenters. The Bertz CT molecular complexity index is 443. The van der Waals surface area contributed by atoms with E-state index in [1.165, 1.54) is 4.90 Å². The first kappa shape index (κ1) is 15.0. The molecular formula is C14H20N2O3. The minimum atomic E-state index is -1.04. The molecule has 1 aromatic carbocycles. The number of aryl methyl sites for hydroxylation is 1. The first-order valence-electron chi connectivity index (χ1n) is 6.30. The molecule has 5 nitrogen and oxygen atoms in total. The maximum atomic E-state index is 12.1. The third-order valence-electron chi connectivity index (χ3n) is 2.87. The van der Waals surface area contributed by atoms with Crippen molar-refractivity contribution in [3.8, 4) is 0 Å². The minimum Gasteiger partial charge on any atom is -0.480 e. The maximum Gasteiger partial charge on any atom is 0.323 e. The number of benzene rings is 1. The van der Waals surface area contributed by atoms with Gasteiger partial charge >= 0.3 is 12.0 Å². The summed E-state index contributed by atoms with van der Waals surface area (Å²) in [5, 5.41) is 11.7. The highest BCUT2D eigenvalue weighted by Gasteiger charge is 2.19. The van der Waals surface area contributed by atoms with Crippen LogP contribution in [0.4, 0.5) is 10.5 Å². The van der Waals surface area contributed by atoms with Crippen LogP contribution in [0.2, 0.25) is 0 Å². The van der Waals surface area contributed by atoms with E-state index in [-0.39, 0.29) is 18.6 Å². The van der Waals surface area contributed by atoms with Crippen LogP contribution >= 0.6 is 0 Å². The molecule has 1 rings (SSSR count). The zero-order valence-electron chi connectivity index (χ0n) is 11.5. The number of carboxylic acid groups (broad SMARTS) is 1. The average molecular weight is 264 g/mol. The van der Waals surface area contributed by atoms with Crippen LogP contribution < -0.4 is 10.2 Å². The van der Waals surface area contributed by atoms with E-state index in [2.05, 4.69) is 5.32 Å². The summed E-state index contributed by atoms with van der Waals surface area (Å²) in [6, 6.07) is 6.81. The lowest BCUT2D eigenvalue weighted by atomic mass is 10.2. The summed E-state index contributed by atoms with van der Waals surface area (Å²) in [5.74, 6) is -1.04. The van der Waals surface area contributed by atoms with Gasteiger partial charge in [0.15, 0.2) is 0 Å². The molecule has 0 fully saturated rings. The van der Waals surface area contributed by atoms with E-state index in [1.54, 1.807) is 12.1 Å². The molecule has 0 spiro atoms. The van der Waals surface area contributed by atoms with Crippen LogP contribution in [0.5, 0.6) is 0 Å². The summed E-state index contributed by atoms with van der Waals surface area (Å²) in [6.45, 7) is 5.42. The summed E-state index contributed by atoms with van der Waals surface area (Å²) < 4.78 is 0. The van der Waals surface area contributed by atoms with Gasteiger partial charge in [-0.2, -0.15) is 0 Å². The topological polar surface area (TPSA) is 69.6 Å². The van der Waals surface area contributed by atoms with Gasteiger partial charge in [-0.3, -0.25) is 9.69 Å². The average Bonchev–Trinajstić information content (AvgIpc) is 2.36. The minimum absolute atomic E-state index is 0.00856. The second kappa shape index (κ2) is 6.78. The number of hydrogen-bond acceptors (Lipinski definition) is 2. The Kier molecular flexibility index (Phi) is 5.36. The van der Waals surface area contributed by atoms with Gasteiger partial charge < -0.3 is 10.4 Å². The Morgan fingerprint density at radius 3 is 2.37 bits per heavy atom. The molecule has 2 amide bonds. The van der Waals surface area contributed by atoms with Crippen molar-refractivity contribution in [2.75, 3.05) is 11.4 Å². The highest BCUT2D eigenvalue weighted by Crippen LogP contribution is 2.15. The summed E-state index contributed by atoms with van der Waals surface area (Å²) in [6.07, 6.45) is 0.792. The molecule has 5 heteroatoms. The van der Waals surface area contributed by atoms with Crippen molar-refractivity contribution in [2.24, 2.45) is 0 Å². The zero-order valence-corrected chi connectivity index (χ0v) is 11.5. The highest BCUT2D eigenvalue weighted by molar-refractivity contribution is 5.96. The van der Waals surface area contributed by atoms with Gasteiger partial charge in [0.2, 0.25) is 0 Å². The number of aliphatic carboxylic acids is 1. The fourth-order valence-electron chi connectivity index (χ4n) is 1.53. The number of carbonyl (C=O) groups excluding carboxylic acids is 1. The largest absolute Gasteiger partial charge is 0.480 e. The summed E-state index contributed by atoms with van der Waals surface area (Å²) >= 11 is 0. The summed E-state index contributed by atoms with van der Waals surface area (Å²) in [7, 11) is 0. The number of carboxylic acids is 1. The molecule has 0 aliphatic heterocycles. The standard InChI is InChI=1S/C14H20N2O3/c1-4-11(3)15-14(19)16(9-13(17)18)12-7-5-10(2)6-8-12/h5-8,11H,4,9H2,1-3H3,(H,15,19)(H,17,18). The van der Waals surface area contributed by atoms with Crippen molar-refractivity contribution in [3.63, 3.8) is 0 Å². The van der Waals surface area contributed by atoms with Crippen LogP contribution in [-0.4, -0.2) is 29.7 Å². The number of nitrogens with one attached hydrogen (secondary N) is 1. The molecule has 0 radical (unpaired) electrons. The van der Waals surface area contributed by atoms with E-state index in [9.17, 15) is 9.59 Å². The first-order valence-corrected chi connectivity index (χ1v) is 6.30. The third-order valence-corrected chi connectivity index (χ3v) is 2.87. The lowest BCUT2D eigenvalue weighted by Crippen LogP contribution is -2.46. The number of urea groups is 1. The van der Waals surface area contributed by atoms with Crippen LogP contribution in [-0.2, 0) is 4.79 Å². The van der Waals surface area contributed by atoms with Crippen LogP contribution in [0.15, 0.2) is 24.3 Å². The fraction of sp³-hybridized carbons (Fsp3) is 0.429. The normalized spacial score (nSPS) is 11.7. The van der Waals surface area contributed by atoms with Gasteiger partial charge in [0.05, 0.1) is 0 Å². The number of rotatable bonds is 5. The molecule has 0 heterocycles. The number of anilines is 1. The van der Waals surface area contributed by atoms with E-state index >= 15 is 0 Å². The van der Waals surface area contributed by atoms with E-state index < -0.39 is 5.97 Å². The number of hydrogen-bond donors (Lipinski definition) is 2. The summed E-state index contributed by atoms with van der Waals surface area (Å²) in [4.78, 5) is 24.2. The predicted octanol–water partition coefficient (Wildman–Crippen LogP) is 2.39. The Balaban J connectivity index is 2.91. The van der Waals surface area contributed by atoms with E-state index in [1.807, 2.05) is 32.9 Å². The third kappa shape index (κ3) is 4.62. The molecule has 0 aliphatic carbocycles. The fourth-order valence-corrected chi connectivity index (χ4v) is 1.53. The van der Waals surface area contributed by atoms with Gasteiger partial charge in [-0.25, -0.2) is 4.79 Å². The first-order chi connectivity index (χ1) is 8.93. The quantitative estimate of drug-likeness (QED) is 0.858. The van der Waals surface area contributed by atoms with E-state index in [0.717, 1.165) is 12.0 Å². The molecule has 0 bridgehead atoms. The molecule has 0 aliphatic rings. The van der Waals surface area contributed by atoms with Gasteiger partial charge in [0.1, 0.15) is 6.54 Å². The van der Waals surface area contributed by atoms with Gasteiger partial charge in [0.25, 0.3) is 0 Å². The molecule has 0 saturated carbocycles. The molecule has 1 aromatic rings. The van der Waals surface area contributed by atoms with Gasteiger partial charge in [-0.15, -0.1) is 0 Å². The van der Waals surface area contributed by atoms with Crippen LogP contribution in [0.25, 0.3) is 0 Å². The van der Waals surface area contributed by atoms with Gasteiger partial charge in [-0.1, -0.05) is 24.6 Å². The number of carbonyl (C=O) groups is 2. The SMILES string of the molecule is CCC(C)NC(=O)N(CC(=O)O)c1ccc(C)cc1. The van der Waals surface area contributed by atoms with Crippen LogP contribution in [0, 0.1) is 6.92 Å². The van der Waals surface area contributed by atoms with E-state index in [0.29, 0.717) is 5.69 Å². The lowest BCUT2D eigenvalue weighted by Gasteiger charge is -2.23. The number of amides is 2. The maximum absolute atomic E-state index is 12.1.